The number of benzene rings is 1. The molecule has 1 heterocycles. The first-order valence-electron chi connectivity index (χ1n) is 5.22. The third-order valence-electron chi connectivity index (χ3n) is 2.54. The summed E-state index contributed by atoms with van der Waals surface area (Å²) in [7, 11) is 0. The van der Waals surface area contributed by atoms with Gasteiger partial charge in [0, 0.05) is 15.6 Å². The van der Waals surface area contributed by atoms with Crippen molar-refractivity contribution >= 4 is 33.4 Å². The van der Waals surface area contributed by atoms with Crippen LogP contribution in [0.4, 0.5) is 5.69 Å². The number of nitrogens with zero attached hydrogens (tertiary/aromatic N) is 1. The fourth-order valence-electron chi connectivity index (χ4n) is 1.42. The Balaban J connectivity index is 2.28. The fraction of sp³-hybridized carbons (Fsp3) is 0.154. The molecular weight excluding hydrogens is 296 g/mol. The van der Waals surface area contributed by atoms with E-state index in [1.54, 1.807) is 18.0 Å². The van der Waals surface area contributed by atoms with Crippen molar-refractivity contribution in [1.82, 2.24) is 4.98 Å². The number of pyridine rings is 1. The minimum atomic E-state index is 0.697. The second-order valence-electron chi connectivity index (χ2n) is 3.90. The van der Waals surface area contributed by atoms with Crippen molar-refractivity contribution in [3.8, 4) is 0 Å². The minimum Gasteiger partial charge on any atom is -0.397 e. The molecule has 4 heteroatoms. The first kappa shape index (κ1) is 12.5. The van der Waals surface area contributed by atoms with E-state index in [1.165, 1.54) is 11.1 Å². The van der Waals surface area contributed by atoms with Gasteiger partial charge in [-0.05, 0) is 59.1 Å². The van der Waals surface area contributed by atoms with E-state index in [4.69, 9.17) is 5.73 Å². The number of aryl methyl sites for hydroxylation is 2. The van der Waals surface area contributed by atoms with Crippen LogP contribution in [0.3, 0.4) is 0 Å². The molecule has 0 aliphatic carbocycles. The van der Waals surface area contributed by atoms with E-state index in [-0.39, 0.29) is 0 Å². The van der Waals surface area contributed by atoms with Crippen LogP contribution in [0.15, 0.2) is 44.9 Å². The van der Waals surface area contributed by atoms with Gasteiger partial charge in [0.1, 0.15) is 5.03 Å². The summed E-state index contributed by atoms with van der Waals surface area (Å²) in [6.07, 6.45) is 1.76. The predicted octanol–water partition coefficient (Wildman–Crippen LogP) is 4.19. The third kappa shape index (κ3) is 3.01. The summed E-state index contributed by atoms with van der Waals surface area (Å²) >= 11 is 4.94. The number of hydrogen-bond donors (Lipinski definition) is 1. The van der Waals surface area contributed by atoms with E-state index in [9.17, 15) is 0 Å². The monoisotopic (exact) mass is 308 g/mol. The summed E-state index contributed by atoms with van der Waals surface area (Å²) in [4.78, 5) is 5.48. The van der Waals surface area contributed by atoms with Crippen LogP contribution >= 0.6 is 27.7 Å². The quantitative estimate of drug-likeness (QED) is 0.904. The Morgan fingerprint density at radius 1 is 1.18 bits per heavy atom. The predicted molar refractivity (Wildman–Crippen MR) is 76.4 cm³/mol. The number of rotatable bonds is 2. The van der Waals surface area contributed by atoms with Crippen LogP contribution in [-0.2, 0) is 0 Å². The summed E-state index contributed by atoms with van der Waals surface area (Å²) in [5.74, 6) is 0. The number of anilines is 1. The smallest absolute Gasteiger partial charge is 0.124 e. The van der Waals surface area contributed by atoms with Gasteiger partial charge in [-0.3, -0.25) is 0 Å². The zero-order valence-electron chi connectivity index (χ0n) is 9.70. The molecule has 0 bridgehead atoms. The van der Waals surface area contributed by atoms with Gasteiger partial charge in [-0.2, -0.15) is 0 Å². The van der Waals surface area contributed by atoms with E-state index >= 15 is 0 Å². The maximum absolute atomic E-state index is 5.92. The second kappa shape index (κ2) is 5.10. The van der Waals surface area contributed by atoms with Crippen molar-refractivity contribution in [3.05, 3.63) is 46.1 Å². The van der Waals surface area contributed by atoms with E-state index < -0.39 is 0 Å². The number of aromatic nitrogens is 1. The van der Waals surface area contributed by atoms with Gasteiger partial charge in [0.2, 0.25) is 0 Å². The first-order valence-corrected chi connectivity index (χ1v) is 6.83. The maximum Gasteiger partial charge on any atom is 0.124 e. The highest BCUT2D eigenvalue weighted by atomic mass is 79.9. The van der Waals surface area contributed by atoms with Crippen LogP contribution in [-0.4, -0.2) is 4.98 Å². The minimum absolute atomic E-state index is 0.697. The molecule has 2 N–H and O–H groups in total. The Bertz CT molecular complexity index is 555. The average Bonchev–Trinajstić information content (AvgIpc) is 2.27. The zero-order chi connectivity index (χ0) is 12.4. The highest BCUT2D eigenvalue weighted by molar-refractivity contribution is 9.10. The number of nitrogens with two attached hydrogens (primary N) is 1. The normalized spacial score (nSPS) is 10.5. The molecular formula is C13H13BrN2S. The Hall–Kier alpha value is -1.00. The lowest BCUT2D eigenvalue weighted by atomic mass is 10.1. The number of halogens is 1. The Kier molecular flexibility index (Phi) is 3.74. The number of nitrogen functional groups attached to an aromatic ring is 1. The van der Waals surface area contributed by atoms with Gasteiger partial charge in [-0.15, -0.1) is 0 Å². The standard InChI is InChI=1S/C13H13BrN2S/c1-8-3-4-11(5-9(8)2)17-13-12(15)6-10(14)7-16-13/h3-7H,15H2,1-2H3. The second-order valence-corrected chi connectivity index (χ2v) is 5.87. The molecule has 0 aliphatic heterocycles. The lowest BCUT2D eigenvalue weighted by Gasteiger charge is -2.06. The average molecular weight is 309 g/mol. The van der Waals surface area contributed by atoms with Crippen LogP contribution in [0, 0.1) is 13.8 Å². The van der Waals surface area contributed by atoms with Crippen molar-refractivity contribution in [2.45, 2.75) is 23.8 Å². The van der Waals surface area contributed by atoms with Gasteiger partial charge < -0.3 is 5.73 Å². The van der Waals surface area contributed by atoms with Gasteiger partial charge in [0.15, 0.2) is 0 Å². The molecule has 0 amide bonds. The maximum atomic E-state index is 5.92. The van der Waals surface area contributed by atoms with E-state index in [2.05, 4.69) is 53.0 Å². The van der Waals surface area contributed by atoms with Crippen LogP contribution in [0.1, 0.15) is 11.1 Å². The molecule has 0 unspecified atom stereocenters. The van der Waals surface area contributed by atoms with Crippen molar-refractivity contribution < 1.29 is 0 Å². The van der Waals surface area contributed by atoms with Crippen molar-refractivity contribution in [1.29, 1.82) is 0 Å². The third-order valence-corrected chi connectivity index (χ3v) is 4.00. The molecule has 0 aliphatic rings. The van der Waals surface area contributed by atoms with Crippen LogP contribution < -0.4 is 5.73 Å². The van der Waals surface area contributed by atoms with E-state index in [0.29, 0.717) is 5.69 Å². The van der Waals surface area contributed by atoms with Crippen LogP contribution in [0.2, 0.25) is 0 Å². The van der Waals surface area contributed by atoms with Crippen LogP contribution in [0.25, 0.3) is 0 Å². The molecule has 1 aromatic carbocycles. The zero-order valence-corrected chi connectivity index (χ0v) is 12.1. The van der Waals surface area contributed by atoms with Crippen molar-refractivity contribution in [2.24, 2.45) is 0 Å². The van der Waals surface area contributed by atoms with Crippen molar-refractivity contribution in [2.75, 3.05) is 5.73 Å². The summed E-state index contributed by atoms with van der Waals surface area (Å²) < 4.78 is 0.902. The summed E-state index contributed by atoms with van der Waals surface area (Å²) in [6.45, 7) is 4.22. The SMILES string of the molecule is Cc1ccc(Sc2ncc(Br)cc2N)cc1C. The molecule has 0 saturated carbocycles. The molecule has 0 fully saturated rings. The molecule has 88 valence electrons. The lowest BCUT2D eigenvalue weighted by molar-refractivity contribution is 1.13. The van der Waals surface area contributed by atoms with E-state index in [1.807, 2.05) is 6.07 Å². The van der Waals surface area contributed by atoms with Gasteiger partial charge in [-0.1, -0.05) is 17.8 Å². The van der Waals surface area contributed by atoms with Crippen molar-refractivity contribution in [3.63, 3.8) is 0 Å². The molecule has 1 aromatic heterocycles. The summed E-state index contributed by atoms with van der Waals surface area (Å²) in [6, 6.07) is 8.24. The van der Waals surface area contributed by atoms with Gasteiger partial charge in [-0.25, -0.2) is 4.98 Å². The largest absolute Gasteiger partial charge is 0.397 e. The first-order chi connectivity index (χ1) is 8.06. The van der Waals surface area contributed by atoms with Gasteiger partial charge >= 0.3 is 0 Å². The summed E-state index contributed by atoms with van der Waals surface area (Å²) in [5, 5.41) is 0.844. The molecule has 2 nitrogen and oxygen atoms in total. The van der Waals surface area contributed by atoms with Gasteiger partial charge in [0.05, 0.1) is 5.69 Å². The molecule has 2 rings (SSSR count). The molecule has 0 radical (unpaired) electrons. The lowest BCUT2D eigenvalue weighted by Crippen LogP contribution is -1.91. The molecule has 17 heavy (non-hydrogen) atoms. The topological polar surface area (TPSA) is 38.9 Å². The molecule has 2 aromatic rings. The summed E-state index contributed by atoms with van der Waals surface area (Å²) in [5.41, 5.74) is 9.20. The Morgan fingerprint density at radius 3 is 2.59 bits per heavy atom. The van der Waals surface area contributed by atoms with E-state index in [0.717, 1.165) is 14.4 Å². The molecule has 0 atom stereocenters. The molecule has 0 saturated heterocycles. The van der Waals surface area contributed by atoms with Crippen LogP contribution in [0.5, 0.6) is 0 Å². The fourth-order valence-corrected chi connectivity index (χ4v) is 2.64. The number of hydrogen-bond acceptors (Lipinski definition) is 3. The molecule has 0 spiro atoms. The van der Waals surface area contributed by atoms with Gasteiger partial charge in [0.25, 0.3) is 0 Å². The Morgan fingerprint density at radius 2 is 1.94 bits per heavy atom. The Labute approximate surface area is 114 Å². The highest BCUT2D eigenvalue weighted by Gasteiger charge is 2.05. The highest BCUT2D eigenvalue weighted by Crippen LogP contribution is 2.32.